The maximum atomic E-state index is 13.1. The summed E-state index contributed by atoms with van der Waals surface area (Å²) in [7, 11) is 1.58. The molecule has 31 heavy (non-hydrogen) atoms. The smallest absolute Gasteiger partial charge is 0.291 e. The number of thiazole rings is 1. The first-order valence-electron chi connectivity index (χ1n) is 9.26. The van der Waals surface area contributed by atoms with E-state index in [9.17, 15) is 14.4 Å². The normalized spacial score (nSPS) is 14.9. The molecule has 0 unspecified atom stereocenters. The van der Waals surface area contributed by atoms with Gasteiger partial charge < -0.3 is 10.5 Å². The average Bonchev–Trinajstić information content (AvgIpc) is 3.40. The van der Waals surface area contributed by atoms with E-state index in [1.807, 2.05) is 0 Å². The molecule has 10 heteroatoms. The largest absolute Gasteiger partial charge is 0.497 e. The van der Waals surface area contributed by atoms with E-state index in [1.165, 1.54) is 9.42 Å². The second kappa shape index (κ2) is 7.03. The molecule has 0 bridgehead atoms. The summed E-state index contributed by atoms with van der Waals surface area (Å²) in [5, 5.41) is 4.33. The van der Waals surface area contributed by atoms with Gasteiger partial charge in [-0.1, -0.05) is 29.5 Å². The third-order valence-corrected chi connectivity index (χ3v) is 6.00. The lowest BCUT2D eigenvalue weighted by Crippen LogP contribution is -2.37. The lowest BCUT2D eigenvalue weighted by Gasteiger charge is -2.14. The van der Waals surface area contributed by atoms with Crippen molar-refractivity contribution >= 4 is 39.4 Å². The van der Waals surface area contributed by atoms with Crippen molar-refractivity contribution in [2.24, 2.45) is 5.73 Å². The SMILES string of the molecule is COc1ccc(-c2nc3sc(=C4C(=O)N(CC(N)=O)c5ccccc54)c(=O)n3n2)cc1. The summed E-state index contributed by atoms with van der Waals surface area (Å²) in [6.45, 7) is -0.268. The van der Waals surface area contributed by atoms with Crippen LogP contribution in [-0.4, -0.2) is 40.1 Å². The Labute approximate surface area is 179 Å². The van der Waals surface area contributed by atoms with Crippen LogP contribution in [0.4, 0.5) is 5.69 Å². The Balaban J connectivity index is 1.67. The minimum atomic E-state index is -0.640. The van der Waals surface area contributed by atoms with Crippen molar-refractivity contribution in [3.63, 3.8) is 0 Å². The zero-order chi connectivity index (χ0) is 21.7. The maximum absolute atomic E-state index is 13.1. The summed E-state index contributed by atoms with van der Waals surface area (Å²) in [5.41, 5.74) is 6.95. The Hall–Kier alpha value is -4.05. The molecule has 1 aliphatic heterocycles. The van der Waals surface area contributed by atoms with E-state index in [0.29, 0.717) is 27.8 Å². The highest BCUT2D eigenvalue weighted by atomic mass is 32.1. The number of nitrogens with zero attached hydrogens (tertiary/aromatic N) is 4. The molecule has 0 atom stereocenters. The van der Waals surface area contributed by atoms with Crippen LogP contribution in [0, 0.1) is 0 Å². The van der Waals surface area contributed by atoms with Gasteiger partial charge in [0.2, 0.25) is 10.9 Å². The third kappa shape index (κ3) is 2.96. The van der Waals surface area contributed by atoms with Crippen LogP contribution < -0.4 is 25.5 Å². The van der Waals surface area contributed by atoms with Crippen LogP contribution in [0.2, 0.25) is 0 Å². The second-order valence-corrected chi connectivity index (χ2v) is 7.82. The molecular weight excluding hydrogens is 418 g/mol. The van der Waals surface area contributed by atoms with Crippen LogP contribution in [0.3, 0.4) is 0 Å². The van der Waals surface area contributed by atoms with Gasteiger partial charge in [-0.3, -0.25) is 19.3 Å². The number of anilines is 1. The van der Waals surface area contributed by atoms with Crippen molar-refractivity contribution in [2.45, 2.75) is 0 Å². The topological polar surface area (TPSA) is 120 Å². The van der Waals surface area contributed by atoms with Crippen LogP contribution >= 0.6 is 11.3 Å². The number of carbonyl (C=O) groups is 2. The van der Waals surface area contributed by atoms with E-state index < -0.39 is 17.4 Å². The second-order valence-electron chi connectivity index (χ2n) is 6.84. The van der Waals surface area contributed by atoms with Gasteiger partial charge >= 0.3 is 0 Å². The quantitative estimate of drug-likeness (QED) is 0.503. The molecule has 2 amide bonds. The zero-order valence-electron chi connectivity index (χ0n) is 16.2. The Morgan fingerprint density at radius 3 is 2.55 bits per heavy atom. The highest BCUT2D eigenvalue weighted by Gasteiger charge is 2.35. The van der Waals surface area contributed by atoms with Gasteiger partial charge in [0, 0.05) is 11.1 Å². The number of methoxy groups -OCH3 is 1. The fourth-order valence-electron chi connectivity index (χ4n) is 3.56. The Morgan fingerprint density at radius 1 is 1.13 bits per heavy atom. The summed E-state index contributed by atoms with van der Waals surface area (Å²) >= 11 is 1.08. The minimum absolute atomic E-state index is 0.223. The molecule has 2 aromatic heterocycles. The first-order valence-corrected chi connectivity index (χ1v) is 10.1. The maximum Gasteiger partial charge on any atom is 0.291 e. The van der Waals surface area contributed by atoms with Gasteiger partial charge in [-0.2, -0.15) is 9.50 Å². The van der Waals surface area contributed by atoms with E-state index in [0.717, 1.165) is 16.9 Å². The van der Waals surface area contributed by atoms with Crippen molar-refractivity contribution in [1.29, 1.82) is 0 Å². The number of rotatable bonds is 4. The van der Waals surface area contributed by atoms with E-state index in [1.54, 1.807) is 55.6 Å². The number of amides is 2. The highest BCUT2D eigenvalue weighted by molar-refractivity contribution is 7.15. The van der Waals surface area contributed by atoms with E-state index in [4.69, 9.17) is 10.5 Å². The molecule has 0 fully saturated rings. The first kappa shape index (κ1) is 18.9. The summed E-state index contributed by atoms with van der Waals surface area (Å²) in [4.78, 5) is 43.8. The molecule has 5 rings (SSSR count). The van der Waals surface area contributed by atoms with Crippen molar-refractivity contribution in [3.05, 3.63) is 69.0 Å². The molecule has 0 saturated heterocycles. The molecule has 0 aliphatic carbocycles. The van der Waals surface area contributed by atoms with Crippen LogP contribution in [0.15, 0.2) is 53.3 Å². The monoisotopic (exact) mass is 433 g/mol. The lowest BCUT2D eigenvalue weighted by molar-refractivity contribution is -0.119. The summed E-state index contributed by atoms with van der Waals surface area (Å²) in [5.74, 6) is 0.0125. The predicted molar refractivity (Wildman–Crippen MR) is 115 cm³/mol. The number of benzene rings is 2. The molecule has 4 aromatic rings. The van der Waals surface area contributed by atoms with Gasteiger partial charge in [-0.25, -0.2) is 0 Å². The molecule has 0 spiro atoms. The third-order valence-electron chi connectivity index (χ3n) is 4.97. The van der Waals surface area contributed by atoms with Crippen molar-refractivity contribution < 1.29 is 14.3 Å². The fourth-order valence-corrected chi connectivity index (χ4v) is 4.56. The number of fused-ring (bicyclic) bond motifs is 2. The van der Waals surface area contributed by atoms with E-state index in [2.05, 4.69) is 10.1 Å². The molecule has 1 aliphatic rings. The number of nitrogens with two attached hydrogens (primary N) is 1. The van der Waals surface area contributed by atoms with Gasteiger partial charge in [0.25, 0.3) is 11.5 Å². The standard InChI is InChI=1S/C21H15N5O4S/c1-30-12-8-6-11(7-9-12)18-23-21-26(24-18)20(29)17(31-21)16-13-4-2-3-5-14(13)25(19(16)28)10-15(22)27/h2-9H,10H2,1H3,(H2,22,27). The van der Waals surface area contributed by atoms with Crippen molar-refractivity contribution in [1.82, 2.24) is 14.6 Å². The average molecular weight is 433 g/mol. The van der Waals surface area contributed by atoms with Crippen LogP contribution in [0.1, 0.15) is 5.56 Å². The van der Waals surface area contributed by atoms with E-state index >= 15 is 0 Å². The van der Waals surface area contributed by atoms with Gasteiger partial charge in [-0.15, -0.1) is 5.10 Å². The molecule has 2 N–H and O–H groups in total. The number of hydrogen-bond donors (Lipinski definition) is 1. The highest BCUT2D eigenvalue weighted by Crippen LogP contribution is 2.34. The molecular formula is C21H15N5O4S. The molecule has 9 nitrogen and oxygen atoms in total. The van der Waals surface area contributed by atoms with E-state index in [-0.39, 0.29) is 16.7 Å². The van der Waals surface area contributed by atoms with Gasteiger partial charge in [0.1, 0.15) is 16.8 Å². The van der Waals surface area contributed by atoms with Gasteiger partial charge in [0.15, 0.2) is 5.82 Å². The minimum Gasteiger partial charge on any atom is -0.497 e. The molecule has 2 aromatic carbocycles. The number of ether oxygens (including phenoxy) is 1. The zero-order valence-corrected chi connectivity index (χ0v) is 17.0. The van der Waals surface area contributed by atoms with Crippen LogP contribution in [0.25, 0.3) is 21.9 Å². The molecule has 3 heterocycles. The molecule has 0 radical (unpaired) electrons. The summed E-state index contributed by atoms with van der Waals surface area (Å²) in [6.07, 6.45) is 0. The van der Waals surface area contributed by atoms with Gasteiger partial charge in [-0.05, 0) is 30.3 Å². The number of primary amides is 1. The van der Waals surface area contributed by atoms with Crippen molar-refractivity contribution in [3.8, 4) is 17.1 Å². The number of para-hydroxylation sites is 1. The van der Waals surface area contributed by atoms with Crippen LogP contribution in [-0.2, 0) is 9.59 Å². The summed E-state index contributed by atoms with van der Waals surface area (Å²) in [6, 6.07) is 14.1. The Bertz CT molecular complexity index is 1470. The Kier molecular flexibility index (Phi) is 4.29. The fraction of sp³-hybridized carbons (Fsp3) is 0.0952. The predicted octanol–water partition coefficient (Wildman–Crippen LogP) is 0.576. The number of aromatic nitrogens is 3. The van der Waals surface area contributed by atoms with Crippen LogP contribution in [0.5, 0.6) is 5.75 Å². The number of carbonyl (C=O) groups excluding carboxylic acids is 2. The first-order chi connectivity index (χ1) is 15.0. The van der Waals surface area contributed by atoms with Crippen molar-refractivity contribution in [2.75, 3.05) is 18.6 Å². The van der Waals surface area contributed by atoms with Gasteiger partial charge in [0.05, 0.1) is 18.4 Å². The summed E-state index contributed by atoms with van der Waals surface area (Å²) < 4.78 is 6.57. The molecule has 154 valence electrons. The number of hydrogen-bond acceptors (Lipinski definition) is 7. The molecule has 0 saturated carbocycles. The Morgan fingerprint density at radius 2 is 1.87 bits per heavy atom. The lowest BCUT2D eigenvalue weighted by atomic mass is 10.1.